The lowest BCUT2D eigenvalue weighted by molar-refractivity contribution is -0.151. The van der Waals surface area contributed by atoms with Crippen molar-refractivity contribution in [3.05, 3.63) is 41.2 Å². The summed E-state index contributed by atoms with van der Waals surface area (Å²) in [6, 6.07) is 7.21. The first-order valence-corrected chi connectivity index (χ1v) is 5.45. The van der Waals surface area contributed by atoms with Crippen LogP contribution in [0.4, 0.5) is 4.39 Å². The Labute approximate surface area is 101 Å². The molecule has 0 spiro atoms. The van der Waals surface area contributed by atoms with Gasteiger partial charge in [-0.15, -0.1) is 0 Å². The molecule has 0 saturated carbocycles. The summed E-state index contributed by atoms with van der Waals surface area (Å²) in [5.41, 5.74) is 1.04. The highest BCUT2D eigenvalue weighted by Gasteiger charge is 2.19. The largest absolute Gasteiger partial charge is 0.455 e. The fraction of sp³-hybridized carbons (Fsp3) is 0.357. The third-order valence-electron chi connectivity index (χ3n) is 1.96. The fourth-order valence-electron chi connectivity index (χ4n) is 1.19. The molecule has 92 valence electrons. The Morgan fingerprint density at radius 1 is 1.24 bits per heavy atom. The minimum Gasteiger partial charge on any atom is -0.455 e. The smallest absolute Gasteiger partial charge is 0.367 e. The topological polar surface area (TPSA) is 26.3 Å². The lowest BCUT2D eigenvalue weighted by Crippen LogP contribution is -2.24. The van der Waals surface area contributed by atoms with Crippen LogP contribution in [0.15, 0.2) is 30.1 Å². The van der Waals surface area contributed by atoms with E-state index in [2.05, 4.69) is 0 Å². The number of rotatable bonds is 2. The quantitative estimate of drug-likeness (QED) is 0.578. The van der Waals surface area contributed by atoms with Gasteiger partial charge in [-0.2, -0.15) is 4.39 Å². The van der Waals surface area contributed by atoms with E-state index in [1.54, 1.807) is 32.9 Å². The van der Waals surface area contributed by atoms with Crippen molar-refractivity contribution in [1.29, 1.82) is 0 Å². The van der Waals surface area contributed by atoms with E-state index < -0.39 is 17.4 Å². The molecule has 1 aromatic rings. The van der Waals surface area contributed by atoms with E-state index in [0.29, 0.717) is 5.56 Å². The number of hydrogen-bond donors (Lipinski definition) is 0. The van der Waals surface area contributed by atoms with Gasteiger partial charge in [-0.3, -0.25) is 0 Å². The van der Waals surface area contributed by atoms with Crippen LogP contribution in [0, 0.1) is 6.92 Å². The first kappa shape index (κ1) is 13.4. The van der Waals surface area contributed by atoms with E-state index in [1.165, 1.54) is 6.08 Å². The summed E-state index contributed by atoms with van der Waals surface area (Å²) in [5.74, 6) is -1.82. The Hall–Kier alpha value is -1.64. The molecule has 0 unspecified atom stereocenters. The Bertz CT molecular complexity index is 425. The first-order valence-electron chi connectivity index (χ1n) is 5.45. The predicted octanol–water partition coefficient (Wildman–Crippen LogP) is 3.65. The number of benzene rings is 1. The van der Waals surface area contributed by atoms with E-state index in [0.717, 1.165) is 5.56 Å². The van der Waals surface area contributed by atoms with Gasteiger partial charge in [0.05, 0.1) is 0 Å². The molecule has 0 bridgehead atoms. The molecule has 0 aliphatic carbocycles. The standard InChI is InChI=1S/C14H17FO2/c1-10-5-7-11(8-6-10)9-12(15)13(16)17-14(2,3)4/h5-9H,1-4H3/b12-9-. The number of carbonyl (C=O) groups is 1. The monoisotopic (exact) mass is 236 g/mol. The Balaban J connectivity index is 2.79. The molecule has 0 fully saturated rings. The molecule has 0 aliphatic rings. The van der Waals surface area contributed by atoms with E-state index >= 15 is 0 Å². The van der Waals surface area contributed by atoms with Gasteiger partial charge >= 0.3 is 5.97 Å². The summed E-state index contributed by atoms with van der Waals surface area (Å²) in [4.78, 5) is 11.4. The molecule has 0 saturated heterocycles. The van der Waals surface area contributed by atoms with Gasteiger partial charge in [-0.25, -0.2) is 4.79 Å². The Morgan fingerprint density at radius 2 is 1.76 bits per heavy atom. The zero-order chi connectivity index (χ0) is 13.1. The molecule has 3 heteroatoms. The maximum Gasteiger partial charge on any atom is 0.367 e. The van der Waals surface area contributed by atoms with Crippen molar-refractivity contribution in [2.24, 2.45) is 0 Å². The number of halogens is 1. The molecule has 0 aliphatic heterocycles. The minimum atomic E-state index is -0.932. The maximum absolute atomic E-state index is 13.5. The van der Waals surface area contributed by atoms with Crippen molar-refractivity contribution in [2.45, 2.75) is 33.3 Å². The molecule has 1 aromatic carbocycles. The van der Waals surface area contributed by atoms with Gasteiger partial charge in [0.2, 0.25) is 5.83 Å². The van der Waals surface area contributed by atoms with Crippen LogP contribution >= 0.6 is 0 Å². The second-order valence-electron chi connectivity index (χ2n) is 4.90. The summed E-state index contributed by atoms with van der Waals surface area (Å²) in [5, 5.41) is 0. The van der Waals surface area contributed by atoms with Crippen LogP contribution in [0.5, 0.6) is 0 Å². The van der Waals surface area contributed by atoms with Gasteiger partial charge in [0.1, 0.15) is 5.60 Å². The highest BCUT2D eigenvalue weighted by atomic mass is 19.1. The third-order valence-corrected chi connectivity index (χ3v) is 1.96. The summed E-state index contributed by atoms with van der Waals surface area (Å²) in [6.45, 7) is 7.04. The molecular formula is C14H17FO2. The predicted molar refractivity (Wildman–Crippen MR) is 66.1 cm³/mol. The average Bonchev–Trinajstić information content (AvgIpc) is 2.19. The van der Waals surface area contributed by atoms with E-state index in [1.807, 2.05) is 19.1 Å². The summed E-state index contributed by atoms with van der Waals surface area (Å²) >= 11 is 0. The Morgan fingerprint density at radius 3 is 2.24 bits per heavy atom. The van der Waals surface area contributed by atoms with Crippen LogP contribution < -0.4 is 0 Å². The lowest BCUT2D eigenvalue weighted by Gasteiger charge is -2.18. The molecule has 0 amide bonds. The molecule has 2 nitrogen and oxygen atoms in total. The maximum atomic E-state index is 13.5. The molecule has 0 radical (unpaired) electrons. The number of esters is 1. The van der Waals surface area contributed by atoms with E-state index in [4.69, 9.17) is 4.74 Å². The Kier molecular flexibility index (Phi) is 4.05. The molecule has 0 N–H and O–H groups in total. The molecule has 1 rings (SSSR count). The number of carbonyl (C=O) groups excluding carboxylic acids is 1. The zero-order valence-electron chi connectivity index (χ0n) is 10.6. The number of aryl methyl sites for hydroxylation is 1. The highest BCUT2D eigenvalue weighted by Crippen LogP contribution is 2.15. The molecular weight excluding hydrogens is 219 g/mol. The van der Waals surface area contributed by atoms with Crippen LogP contribution in [-0.2, 0) is 9.53 Å². The number of ether oxygens (including phenoxy) is 1. The average molecular weight is 236 g/mol. The van der Waals surface area contributed by atoms with Gasteiger partial charge in [0, 0.05) is 0 Å². The van der Waals surface area contributed by atoms with Crippen LogP contribution in [-0.4, -0.2) is 11.6 Å². The second-order valence-corrected chi connectivity index (χ2v) is 4.90. The van der Waals surface area contributed by atoms with Crippen molar-refractivity contribution in [2.75, 3.05) is 0 Å². The van der Waals surface area contributed by atoms with E-state index in [-0.39, 0.29) is 0 Å². The van der Waals surface area contributed by atoms with Crippen LogP contribution in [0.1, 0.15) is 31.9 Å². The molecule has 0 heterocycles. The zero-order valence-corrected chi connectivity index (χ0v) is 10.6. The molecule has 0 atom stereocenters. The molecule has 17 heavy (non-hydrogen) atoms. The van der Waals surface area contributed by atoms with Crippen LogP contribution in [0.3, 0.4) is 0 Å². The summed E-state index contributed by atoms with van der Waals surface area (Å²) in [7, 11) is 0. The van der Waals surface area contributed by atoms with Gasteiger partial charge in [0.25, 0.3) is 0 Å². The fourth-order valence-corrected chi connectivity index (χ4v) is 1.19. The first-order chi connectivity index (χ1) is 7.78. The minimum absolute atomic E-state index is 0.638. The lowest BCUT2D eigenvalue weighted by atomic mass is 10.1. The van der Waals surface area contributed by atoms with Crippen molar-refractivity contribution >= 4 is 12.0 Å². The molecule has 0 aromatic heterocycles. The van der Waals surface area contributed by atoms with Gasteiger partial charge in [-0.1, -0.05) is 29.8 Å². The summed E-state index contributed by atoms with van der Waals surface area (Å²) < 4.78 is 18.4. The van der Waals surface area contributed by atoms with Crippen LogP contribution in [0.25, 0.3) is 6.08 Å². The van der Waals surface area contributed by atoms with Gasteiger partial charge in [0.15, 0.2) is 0 Å². The highest BCUT2D eigenvalue weighted by molar-refractivity contribution is 5.91. The van der Waals surface area contributed by atoms with Crippen molar-refractivity contribution in [3.63, 3.8) is 0 Å². The third kappa shape index (κ3) is 4.81. The van der Waals surface area contributed by atoms with Crippen molar-refractivity contribution in [3.8, 4) is 0 Å². The normalized spacial score (nSPS) is 12.4. The van der Waals surface area contributed by atoms with Gasteiger partial charge in [-0.05, 0) is 39.3 Å². The van der Waals surface area contributed by atoms with Crippen molar-refractivity contribution in [1.82, 2.24) is 0 Å². The van der Waals surface area contributed by atoms with Crippen LogP contribution in [0.2, 0.25) is 0 Å². The second kappa shape index (κ2) is 5.13. The van der Waals surface area contributed by atoms with Crippen molar-refractivity contribution < 1.29 is 13.9 Å². The number of hydrogen-bond acceptors (Lipinski definition) is 2. The summed E-state index contributed by atoms with van der Waals surface area (Å²) in [6.07, 6.45) is 1.17. The SMILES string of the molecule is Cc1ccc(/C=C(\F)C(=O)OC(C)(C)C)cc1. The van der Waals surface area contributed by atoms with Gasteiger partial charge < -0.3 is 4.74 Å². The van der Waals surface area contributed by atoms with E-state index in [9.17, 15) is 9.18 Å².